The fourth-order valence-corrected chi connectivity index (χ4v) is 4.23. The Hall–Kier alpha value is -1.84. The number of halogens is 1. The number of guanidine groups is 1. The van der Waals surface area contributed by atoms with Gasteiger partial charge in [-0.3, -0.25) is 4.79 Å². The molecule has 8 heteroatoms. The SMILES string of the molecule is CCNC(=NCc1ccc(C(=O)OC)cc1)NC1CCN(C(=O)C2CCCCC2)C1.I. The summed E-state index contributed by atoms with van der Waals surface area (Å²) in [6.07, 6.45) is 6.67. The Bertz CT molecular complexity index is 748. The smallest absolute Gasteiger partial charge is 0.337 e. The maximum atomic E-state index is 12.8. The zero-order chi connectivity index (χ0) is 21.3. The number of rotatable bonds is 6. The van der Waals surface area contributed by atoms with E-state index in [1.165, 1.54) is 26.4 Å². The lowest BCUT2D eigenvalue weighted by Gasteiger charge is -2.26. The van der Waals surface area contributed by atoms with Crippen LogP contribution in [-0.4, -0.2) is 55.5 Å². The van der Waals surface area contributed by atoms with Gasteiger partial charge in [-0.2, -0.15) is 0 Å². The summed E-state index contributed by atoms with van der Waals surface area (Å²) in [5.74, 6) is 0.985. The molecule has 1 aliphatic carbocycles. The molecule has 172 valence electrons. The largest absolute Gasteiger partial charge is 0.465 e. The number of carbonyl (C=O) groups excluding carboxylic acids is 2. The lowest BCUT2D eigenvalue weighted by Crippen LogP contribution is -2.45. The Morgan fingerprint density at radius 1 is 1.13 bits per heavy atom. The zero-order valence-corrected chi connectivity index (χ0v) is 20.9. The second-order valence-electron chi connectivity index (χ2n) is 8.13. The molecule has 0 bridgehead atoms. The fraction of sp³-hybridized carbons (Fsp3) is 0.609. The van der Waals surface area contributed by atoms with Gasteiger partial charge >= 0.3 is 5.97 Å². The summed E-state index contributed by atoms with van der Waals surface area (Å²) in [5, 5.41) is 6.77. The number of esters is 1. The molecule has 0 radical (unpaired) electrons. The first-order chi connectivity index (χ1) is 14.6. The Balaban J connectivity index is 0.00000341. The molecular weight excluding hydrogens is 507 g/mol. The first-order valence-corrected chi connectivity index (χ1v) is 11.1. The van der Waals surface area contributed by atoms with Crippen molar-refractivity contribution >= 4 is 41.8 Å². The van der Waals surface area contributed by atoms with E-state index in [1.54, 1.807) is 12.1 Å². The van der Waals surface area contributed by atoms with Crippen molar-refractivity contribution in [1.82, 2.24) is 15.5 Å². The molecule has 1 saturated heterocycles. The van der Waals surface area contributed by atoms with E-state index < -0.39 is 0 Å². The number of benzene rings is 1. The molecule has 1 aliphatic heterocycles. The molecule has 3 rings (SSSR count). The van der Waals surface area contributed by atoms with Crippen molar-refractivity contribution < 1.29 is 14.3 Å². The van der Waals surface area contributed by atoms with Gasteiger partial charge in [0.2, 0.25) is 5.91 Å². The highest BCUT2D eigenvalue weighted by molar-refractivity contribution is 14.0. The van der Waals surface area contributed by atoms with E-state index >= 15 is 0 Å². The number of hydrogen-bond donors (Lipinski definition) is 2. The number of carbonyl (C=O) groups is 2. The fourth-order valence-electron chi connectivity index (χ4n) is 4.23. The molecule has 1 saturated carbocycles. The Labute approximate surface area is 202 Å². The van der Waals surface area contributed by atoms with E-state index in [2.05, 4.69) is 15.6 Å². The first-order valence-electron chi connectivity index (χ1n) is 11.1. The summed E-state index contributed by atoms with van der Waals surface area (Å²) in [5.41, 5.74) is 1.55. The number of likely N-dealkylation sites (tertiary alicyclic amines) is 1. The van der Waals surface area contributed by atoms with Gasteiger partial charge in [-0.25, -0.2) is 9.79 Å². The first kappa shape index (κ1) is 25.4. The minimum Gasteiger partial charge on any atom is -0.465 e. The van der Waals surface area contributed by atoms with Crippen LogP contribution < -0.4 is 10.6 Å². The second kappa shape index (κ2) is 12.9. The van der Waals surface area contributed by atoms with Crippen molar-refractivity contribution in [1.29, 1.82) is 0 Å². The van der Waals surface area contributed by atoms with E-state index in [1.807, 2.05) is 24.0 Å². The number of nitrogens with one attached hydrogen (secondary N) is 2. The molecule has 2 aliphatic rings. The number of methoxy groups -OCH3 is 1. The Kier molecular flexibility index (Phi) is 10.6. The maximum absolute atomic E-state index is 12.8. The molecule has 1 aromatic rings. The number of ether oxygens (including phenoxy) is 1. The summed E-state index contributed by atoms with van der Waals surface area (Å²) in [6.45, 7) is 4.88. The summed E-state index contributed by atoms with van der Waals surface area (Å²) in [7, 11) is 1.38. The van der Waals surface area contributed by atoms with Crippen LogP contribution in [0.5, 0.6) is 0 Å². The van der Waals surface area contributed by atoms with Crippen molar-refractivity contribution in [3.8, 4) is 0 Å². The van der Waals surface area contributed by atoms with Gasteiger partial charge in [0.05, 0.1) is 19.2 Å². The van der Waals surface area contributed by atoms with Gasteiger partial charge in [0.25, 0.3) is 0 Å². The number of hydrogen-bond acceptors (Lipinski definition) is 4. The van der Waals surface area contributed by atoms with Gasteiger partial charge in [-0.1, -0.05) is 31.4 Å². The highest BCUT2D eigenvalue weighted by atomic mass is 127. The summed E-state index contributed by atoms with van der Waals surface area (Å²) < 4.78 is 4.73. The van der Waals surface area contributed by atoms with Gasteiger partial charge in [0.1, 0.15) is 0 Å². The standard InChI is InChI=1S/C23H34N4O3.HI/c1-3-24-23(25-15-17-9-11-19(12-10-17)22(29)30-2)26-20-13-14-27(16-20)21(28)18-7-5-4-6-8-18;/h9-12,18,20H,3-8,13-16H2,1-2H3,(H2,24,25,26);1H. The van der Waals surface area contributed by atoms with Crippen molar-refractivity contribution in [2.45, 2.75) is 58.0 Å². The zero-order valence-electron chi connectivity index (χ0n) is 18.6. The Morgan fingerprint density at radius 2 is 1.84 bits per heavy atom. The van der Waals surface area contributed by atoms with Crippen LogP contribution in [0.1, 0.15) is 61.4 Å². The van der Waals surface area contributed by atoms with Gasteiger partial charge in [0, 0.05) is 31.6 Å². The average Bonchev–Trinajstić information content (AvgIpc) is 3.26. The summed E-state index contributed by atoms with van der Waals surface area (Å²) in [4.78, 5) is 31.0. The summed E-state index contributed by atoms with van der Waals surface area (Å²) >= 11 is 0. The minimum absolute atomic E-state index is 0. The molecule has 31 heavy (non-hydrogen) atoms. The van der Waals surface area contributed by atoms with Crippen LogP contribution in [0.4, 0.5) is 0 Å². The molecule has 1 aromatic carbocycles. The van der Waals surface area contributed by atoms with Crippen LogP contribution in [0.25, 0.3) is 0 Å². The van der Waals surface area contributed by atoms with Crippen molar-refractivity contribution in [2.24, 2.45) is 10.9 Å². The van der Waals surface area contributed by atoms with E-state index in [4.69, 9.17) is 4.74 Å². The van der Waals surface area contributed by atoms with Crippen LogP contribution in [0, 0.1) is 5.92 Å². The topological polar surface area (TPSA) is 83.0 Å². The van der Waals surface area contributed by atoms with E-state index in [9.17, 15) is 9.59 Å². The monoisotopic (exact) mass is 542 g/mol. The van der Waals surface area contributed by atoms with E-state index in [0.29, 0.717) is 18.0 Å². The quantitative estimate of drug-likeness (QED) is 0.250. The van der Waals surface area contributed by atoms with Crippen molar-refractivity contribution in [3.05, 3.63) is 35.4 Å². The van der Waals surface area contributed by atoms with Gasteiger partial charge < -0.3 is 20.3 Å². The molecule has 2 fully saturated rings. The van der Waals surface area contributed by atoms with Gasteiger partial charge in [0.15, 0.2) is 5.96 Å². The number of nitrogens with zero attached hydrogens (tertiary/aromatic N) is 2. The normalized spacial score (nSPS) is 19.5. The highest BCUT2D eigenvalue weighted by Crippen LogP contribution is 2.26. The van der Waals surface area contributed by atoms with E-state index in [0.717, 1.165) is 50.4 Å². The van der Waals surface area contributed by atoms with Crippen LogP contribution in [0.2, 0.25) is 0 Å². The van der Waals surface area contributed by atoms with Crippen LogP contribution >= 0.6 is 24.0 Å². The lowest BCUT2D eigenvalue weighted by molar-refractivity contribution is -0.135. The third kappa shape index (κ3) is 7.36. The molecule has 1 atom stereocenters. The summed E-state index contributed by atoms with van der Waals surface area (Å²) in [6, 6.07) is 7.50. The minimum atomic E-state index is -0.339. The molecule has 1 unspecified atom stereocenters. The molecule has 0 aromatic heterocycles. The van der Waals surface area contributed by atoms with Crippen LogP contribution in [0.3, 0.4) is 0 Å². The molecule has 0 spiro atoms. The average molecular weight is 542 g/mol. The van der Waals surface area contributed by atoms with Crippen LogP contribution in [0.15, 0.2) is 29.3 Å². The third-order valence-electron chi connectivity index (χ3n) is 5.93. The van der Waals surface area contributed by atoms with Crippen molar-refractivity contribution in [2.75, 3.05) is 26.7 Å². The predicted molar refractivity (Wildman–Crippen MR) is 133 cm³/mol. The van der Waals surface area contributed by atoms with Gasteiger partial charge in [-0.05, 0) is 43.9 Å². The molecule has 7 nitrogen and oxygen atoms in total. The van der Waals surface area contributed by atoms with E-state index in [-0.39, 0.29) is 41.9 Å². The van der Waals surface area contributed by atoms with Crippen molar-refractivity contribution in [3.63, 3.8) is 0 Å². The molecular formula is C23H35IN4O3. The number of aliphatic imine (C=N–C) groups is 1. The predicted octanol–water partition coefficient (Wildman–Crippen LogP) is 3.33. The Morgan fingerprint density at radius 3 is 2.48 bits per heavy atom. The van der Waals surface area contributed by atoms with Gasteiger partial charge in [-0.15, -0.1) is 24.0 Å². The van der Waals surface area contributed by atoms with Crippen LogP contribution in [-0.2, 0) is 16.1 Å². The lowest BCUT2D eigenvalue weighted by atomic mass is 9.88. The molecule has 1 amide bonds. The second-order valence-corrected chi connectivity index (χ2v) is 8.13. The molecule has 1 heterocycles. The highest BCUT2D eigenvalue weighted by Gasteiger charge is 2.31. The number of amides is 1. The maximum Gasteiger partial charge on any atom is 0.337 e. The molecule has 2 N–H and O–H groups in total. The third-order valence-corrected chi connectivity index (χ3v) is 5.93.